The van der Waals surface area contributed by atoms with E-state index in [1.54, 1.807) is 0 Å². The molecule has 0 saturated heterocycles. The smallest absolute Gasteiger partial charge is 0.164 e. The predicted molar refractivity (Wildman–Crippen MR) is 210 cm³/mol. The van der Waals surface area contributed by atoms with Gasteiger partial charge in [-0.05, 0) is 62.7 Å². The summed E-state index contributed by atoms with van der Waals surface area (Å²) in [5.41, 5.74) is 11.5. The number of nitrogens with zero attached hydrogens (tertiary/aromatic N) is 4. The Kier molecular flexibility index (Phi) is 5.92. The molecular formula is C47H28N4. The summed E-state index contributed by atoms with van der Waals surface area (Å²) in [4.78, 5) is 15.1. The zero-order valence-corrected chi connectivity index (χ0v) is 27.5. The van der Waals surface area contributed by atoms with Gasteiger partial charge in [-0.15, -0.1) is 0 Å². The van der Waals surface area contributed by atoms with Crippen molar-refractivity contribution in [3.05, 3.63) is 170 Å². The monoisotopic (exact) mass is 648 g/mol. The van der Waals surface area contributed by atoms with Crippen molar-refractivity contribution < 1.29 is 0 Å². The molecule has 10 aromatic rings. The molecule has 8 aromatic carbocycles. The van der Waals surface area contributed by atoms with Crippen molar-refractivity contribution in [3.63, 3.8) is 0 Å². The molecule has 1 aliphatic carbocycles. The summed E-state index contributed by atoms with van der Waals surface area (Å²) in [6, 6.07) is 60.3. The molecule has 1 aliphatic rings. The molecule has 0 amide bonds. The zero-order chi connectivity index (χ0) is 33.5. The molecule has 11 rings (SSSR count). The second kappa shape index (κ2) is 10.8. The van der Waals surface area contributed by atoms with Gasteiger partial charge in [0.1, 0.15) is 0 Å². The lowest BCUT2D eigenvalue weighted by atomic mass is 9.93. The highest BCUT2D eigenvalue weighted by Crippen LogP contribution is 2.50. The van der Waals surface area contributed by atoms with Crippen molar-refractivity contribution in [1.82, 2.24) is 19.5 Å². The second-order valence-corrected chi connectivity index (χ2v) is 13.2. The molecule has 2 aromatic heterocycles. The SMILES string of the molecule is c1ccc(-c2nc(-c3ccccc3)nc(-c3ccc(-n4c5cccc6c5c5c(cccc54)-c4cccc5cccc-6c45)c4ccccc34)n2)cc1. The van der Waals surface area contributed by atoms with Gasteiger partial charge in [0.15, 0.2) is 17.5 Å². The number of aromatic nitrogens is 4. The summed E-state index contributed by atoms with van der Waals surface area (Å²) in [5.74, 6) is 1.95. The minimum absolute atomic E-state index is 0.649. The quantitative estimate of drug-likeness (QED) is 0.191. The third kappa shape index (κ3) is 4.11. The highest BCUT2D eigenvalue weighted by Gasteiger charge is 2.25. The van der Waals surface area contributed by atoms with Gasteiger partial charge in [0.2, 0.25) is 0 Å². The first-order valence-corrected chi connectivity index (χ1v) is 17.3. The molecule has 4 heteroatoms. The van der Waals surface area contributed by atoms with Gasteiger partial charge in [0.25, 0.3) is 0 Å². The van der Waals surface area contributed by atoms with E-state index in [-0.39, 0.29) is 0 Å². The summed E-state index contributed by atoms with van der Waals surface area (Å²) in [5, 5.41) is 7.38. The van der Waals surface area contributed by atoms with Gasteiger partial charge in [-0.2, -0.15) is 0 Å². The van der Waals surface area contributed by atoms with Crippen LogP contribution in [0.5, 0.6) is 0 Å². The Bertz CT molecular complexity index is 2860. The standard InChI is InChI=1S/C47H28N4/c1-3-13-30(14-4-1)45-48-46(31-15-5-2-6-16-31)50-47(49-45)38-27-28-39(33-20-8-7-19-32(33)38)51-40-25-11-23-36-34-21-9-17-29-18-10-22-35(42(29)34)37-24-12-26-41(51)44(37)43(36)40/h1-28H. The van der Waals surface area contributed by atoms with Gasteiger partial charge in [-0.25, -0.2) is 15.0 Å². The van der Waals surface area contributed by atoms with Gasteiger partial charge in [-0.1, -0.05) is 146 Å². The summed E-state index contributed by atoms with van der Waals surface area (Å²) in [6.07, 6.45) is 0. The van der Waals surface area contributed by atoms with Crippen LogP contribution in [-0.2, 0) is 0 Å². The van der Waals surface area contributed by atoms with Crippen LogP contribution in [0.3, 0.4) is 0 Å². The Morgan fingerprint density at radius 2 is 0.784 bits per heavy atom. The van der Waals surface area contributed by atoms with E-state index >= 15 is 0 Å². The summed E-state index contributed by atoms with van der Waals surface area (Å²) >= 11 is 0. The largest absolute Gasteiger partial charge is 0.309 e. The van der Waals surface area contributed by atoms with E-state index in [0.717, 1.165) is 33.2 Å². The molecule has 0 spiro atoms. The van der Waals surface area contributed by atoms with Gasteiger partial charge in [0, 0.05) is 32.8 Å². The predicted octanol–water partition coefficient (Wildman–Crippen LogP) is 11.9. The summed E-state index contributed by atoms with van der Waals surface area (Å²) in [6.45, 7) is 0. The van der Waals surface area contributed by atoms with E-state index in [0.29, 0.717) is 17.5 Å². The van der Waals surface area contributed by atoms with Crippen LogP contribution in [0.15, 0.2) is 170 Å². The Morgan fingerprint density at radius 3 is 1.35 bits per heavy atom. The molecular weight excluding hydrogens is 621 g/mol. The van der Waals surface area contributed by atoms with Crippen LogP contribution in [0.4, 0.5) is 0 Å². The second-order valence-electron chi connectivity index (χ2n) is 13.2. The van der Waals surface area contributed by atoms with Crippen LogP contribution in [-0.4, -0.2) is 19.5 Å². The molecule has 0 fully saturated rings. The highest BCUT2D eigenvalue weighted by molar-refractivity contribution is 6.27. The van der Waals surface area contributed by atoms with Crippen LogP contribution in [0.1, 0.15) is 0 Å². The molecule has 4 nitrogen and oxygen atoms in total. The van der Waals surface area contributed by atoms with Gasteiger partial charge >= 0.3 is 0 Å². The normalized spacial score (nSPS) is 11.9. The van der Waals surface area contributed by atoms with E-state index in [9.17, 15) is 0 Å². The lowest BCUT2D eigenvalue weighted by molar-refractivity contribution is 1.08. The minimum Gasteiger partial charge on any atom is -0.309 e. The molecule has 236 valence electrons. The van der Waals surface area contributed by atoms with E-state index in [1.165, 1.54) is 54.8 Å². The maximum absolute atomic E-state index is 5.09. The lowest BCUT2D eigenvalue weighted by Gasteiger charge is -2.16. The molecule has 0 radical (unpaired) electrons. The van der Waals surface area contributed by atoms with E-state index in [4.69, 9.17) is 15.0 Å². The zero-order valence-electron chi connectivity index (χ0n) is 27.5. The topological polar surface area (TPSA) is 43.6 Å². The van der Waals surface area contributed by atoms with Gasteiger partial charge in [0.05, 0.1) is 16.7 Å². The third-order valence-electron chi connectivity index (χ3n) is 10.4. The summed E-state index contributed by atoms with van der Waals surface area (Å²) < 4.78 is 2.45. The minimum atomic E-state index is 0.649. The number of fused-ring (bicyclic) bond motifs is 3. The van der Waals surface area contributed by atoms with Crippen molar-refractivity contribution in [2.24, 2.45) is 0 Å². The molecule has 0 atom stereocenters. The maximum atomic E-state index is 5.09. The van der Waals surface area contributed by atoms with E-state index < -0.39 is 0 Å². The Morgan fingerprint density at radius 1 is 0.314 bits per heavy atom. The van der Waals surface area contributed by atoms with E-state index in [2.05, 4.69) is 114 Å². The molecule has 0 unspecified atom stereocenters. The Hall–Kier alpha value is -6.91. The third-order valence-corrected chi connectivity index (χ3v) is 10.4. The van der Waals surface area contributed by atoms with Crippen LogP contribution >= 0.6 is 0 Å². The van der Waals surface area contributed by atoms with Crippen LogP contribution < -0.4 is 0 Å². The van der Waals surface area contributed by atoms with Crippen molar-refractivity contribution in [1.29, 1.82) is 0 Å². The molecule has 2 heterocycles. The maximum Gasteiger partial charge on any atom is 0.164 e. The first-order chi connectivity index (χ1) is 25.3. The fourth-order valence-electron chi connectivity index (χ4n) is 8.21. The summed E-state index contributed by atoms with van der Waals surface area (Å²) in [7, 11) is 0. The number of hydrogen-bond donors (Lipinski definition) is 0. The van der Waals surface area contributed by atoms with Crippen LogP contribution in [0.2, 0.25) is 0 Å². The Balaban J connectivity index is 1.19. The van der Waals surface area contributed by atoms with E-state index in [1.807, 2.05) is 60.7 Å². The first-order valence-electron chi connectivity index (χ1n) is 17.3. The highest BCUT2D eigenvalue weighted by atomic mass is 15.0. The molecule has 0 bridgehead atoms. The fourth-order valence-corrected chi connectivity index (χ4v) is 8.21. The van der Waals surface area contributed by atoms with Crippen molar-refractivity contribution >= 4 is 43.4 Å². The van der Waals surface area contributed by atoms with Crippen molar-refractivity contribution in [2.75, 3.05) is 0 Å². The molecule has 0 aliphatic heterocycles. The lowest BCUT2D eigenvalue weighted by Crippen LogP contribution is -2.01. The average Bonchev–Trinajstić information content (AvgIpc) is 3.48. The van der Waals surface area contributed by atoms with Gasteiger partial charge < -0.3 is 4.57 Å². The van der Waals surface area contributed by atoms with Crippen molar-refractivity contribution in [3.8, 4) is 62.1 Å². The van der Waals surface area contributed by atoms with Crippen LogP contribution in [0, 0.1) is 0 Å². The number of rotatable bonds is 4. The number of hydrogen-bond acceptors (Lipinski definition) is 3. The van der Waals surface area contributed by atoms with Crippen molar-refractivity contribution in [2.45, 2.75) is 0 Å². The average molecular weight is 649 g/mol. The fraction of sp³-hybridized carbons (Fsp3) is 0. The molecule has 51 heavy (non-hydrogen) atoms. The van der Waals surface area contributed by atoms with Gasteiger partial charge in [-0.3, -0.25) is 0 Å². The first kappa shape index (κ1) is 28.0. The molecule has 0 N–H and O–H groups in total. The number of benzene rings is 8. The Labute approximate surface area is 294 Å². The van der Waals surface area contributed by atoms with Crippen LogP contribution in [0.25, 0.3) is 105 Å². The molecule has 0 saturated carbocycles.